The molecule has 58 heavy (non-hydrogen) atoms. The molecule has 2 atom stereocenters. The van der Waals surface area contributed by atoms with E-state index in [1.807, 2.05) is 24.3 Å². The van der Waals surface area contributed by atoms with Crippen molar-refractivity contribution >= 4 is 23.9 Å². The molecule has 4 aromatic carbocycles. The van der Waals surface area contributed by atoms with Crippen LogP contribution in [0.25, 0.3) is 0 Å². The SMILES string of the molecule is CCCCC(CCCC)(COC(=O)c1ccccc1)C(OC(=O)c1ccccc1)C(OC(=O)c1ccccc1)C(COC(=O)c1ccccc1)(CC(C)C)CC(C)C. The van der Waals surface area contributed by atoms with Gasteiger partial charge in [0.2, 0.25) is 0 Å². The number of unbranched alkanes of at least 4 members (excludes halogenated alkanes) is 2. The topological polar surface area (TPSA) is 105 Å². The lowest BCUT2D eigenvalue weighted by Gasteiger charge is -2.50. The van der Waals surface area contributed by atoms with Crippen molar-refractivity contribution in [3.05, 3.63) is 144 Å². The number of rotatable bonds is 23. The monoisotopic (exact) mass is 790 g/mol. The first kappa shape index (κ1) is 45.5. The highest BCUT2D eigenvalue weighted by Gasteiger charge is 2.56. The maximum Gasteiger partial charge on any atom is 0.338 e. The molecule has 2 unspecified atom stereocenters. The lowest BCUT2D eigenvalue weighted by atomic mass is 9.62. The van der Waals surface area contributed by atoms with Crippen molar-refractivity contribution in [2.24, 2.45) is 22.7 Å². The minimum Gasteiger partial charge on any atom is -0.461 e. The summed E-state index contributed by atoms with van der Waals surface area (Å²) < 4.78 is 26.2. The molecule has 0 saturated carbocycles. The van der Waals surface area contributed by atoms with E-state index in [-0.39, 0.29) is 25.0 Å². The van der Waals surface area contributed by atoms with Gasteiger partial charge in [-0.2, -0.15) is 0 Å². The lowest BCUT2D eigenvalue weighted by Crippen LogP contribution is -2.59. The molecule has 8 nitrogen and oxygen atoms in total. The van der Waals surface area contributed by atoms with Crippen molar-refractivity contribution in [1.29, 1.82) is 0 Å². The van der Waals surface area contributed by atoms with Gasteiger partial charge < -0.3 is 18.9 Å². The summed E-state index contributed by atoms with van der Waals surface area (Å²) in [7, 11) is 0. The van der Waals surface area contributed by atoms with Crippen LogP contribution in [0.4, 0.5) is 0 Å². The van der Waals surface area contributed by atoms with Crippen molar-refractivity contribution in [3.63, 3.8) is 0 Å². The first-order chi connectivity index (χ1) is 27.9. The van der Waals surface area contributed by atoms with E-state index in [0.29, 0.717) is 47.9 Å². The molecule has 0 radical (unpaired) electrons. The van der Waals surface area contributed by atoms with Crippen molar-refractivity contribution < 1.29 is 38.1 Å². The Morgan fingerprint density at radius 1 is 0.448 bits per heavy atom. The molecule has 4 aromatic rings. The van der Waals surface area contributed by atoms with Crippen LogP contribution < -0.4 is 0 Å². The normalized spacial score (nSPS) is 12.8. The molecule has 4 rings (SSSR count). The van der Waals surface area contributed by atoms with Gasteiger partial charge >= 0.3 is 23.9 Å². The summed E-state index contributed by atoms with van der Waals surface area (Å²) in [5.41, 5.74) is -0.641. The third-order valence-corrected chi connectivity index (χ3v) is 10.7. The molecular weight excluding hydrogens is 729 g/mol. The minimum atomic E-state index is -1.15. The summed E-state index contributed by atoms with van der Waals surface area (Å²) in [4.78, 5) is 56.6. The third-order valence-electron chi connectivity index (χ3n) is 10.7. The molecule has 0 aromatic heterocycles. The molecule has 0 aliphatic rings. The van der Waals surface area contributed by atoms with E-state index in [2.05, 4.69) is 41.5 Å². The molecular formula is C50H62O8. The molecule has 0 aliphatic carbocycles. The number of carbonyl (C=O) groups excluding carboxylic acids is 4. The quantitative estimate of drug-likeness (QED) is 0.0540. The van der Waals surface area contributed by atoms with Crippen LogP contribution in [0.15, 0.2) is 121 Å². The van der Waals surface area contributed by atoms with Crippen LogP contribution in [-0.4, -0.2) is 49.3 Å². The second-order valence-electron chi connectivity index (χ2n) is 16.4. The average Bonchev–Trinajstić information content (AvgIpc) is 3.24. The van der Waals surface area contributed by atoms with E-state index >= 15 is 0 Å². The summed E-state index contributed by atoms with van der Waals surface area (Å²) in [5.74, 6) is -2.13. The van der Waals surface area contributed by atoms with Crippen LogP contribution in [0.5, 0.6) is 0 Å². The van der Waals surface area contributed by atoms with Gasteiger partial charge in [-0.15, -0.1) is 0 Å². The van der Waals surface area contributed by atoms with Crippen molar-refractivity contribution in [3.8, 4) is 0 Å². The Labute approximate surface area is 345 Å². The molecule has 0 spiro atoms. The number of benzene rings is 4. The second kappa shape index (κ2) is 22.6. The van der Waals surface area contributed by atoms with Crippen LogP contribution in [0.3, 0.4) is 0 Å². The molecule has 0 heterocycles. The fourth-order valence-corrected chi connectivity index (χ4v) is 8.10. The minimum absolute atomic E-state index is 0.0363. The van der Waals surface area contributed by atoms with Gasteiger partial charge in [0.1, 0.15) is 25.4 Å². The van der Waals surface area contributed by atoms with Gasteiger partial charge in [0.15, 0.2) is 0 Å². The number of carbonyl (C=O) groups is 4. The third kappa shape index (κ3) is 12.9. The molecule has 0 aliphatic heterocycles. The van der Waals surface area contributed by atoms with Crippen LogP contribution in [0, 0.1) is 22.7 Å². The Morgan fingerprint density at radius 3 is 1.05 bits per heavy atom. The van der Waals surface area contributed by atoms with E-state index in [9.17, 15) is 19.2 Å². The van der Waals surface area contributed by atoms with Gasteiger partial charge in [0.25, 0.3) is 0 Å². The van der Waals surface area contributed by atoms with Gasteiger partial charge in [0.05, 0.1) is 22.3 Å². The van der Waals surface area contributed by atoms with Crippen molar-refractivity contribution in [1.82, 2.24) is 0 Å². The Bertz CT molecular complexity index is 1820. The van der Waals surface area contributed by atoms with Crippen molar-refractivity contribution in [2.75, 3.05) is 13.2 Å². The summed E-state index contributed by atoms with van der Waals surface area (Å²) in [6.45, 7) is 12.3. The van der Waals surface area contributed by atoms with Gasteiger partial charge in [-0.25, -0.2) is 19.2 Å². The van der Waals surface area contributed by atoms with E-state index < -0.39 is 46.9 Å². The van der Waals surface area contributed by atoms with Gasteiger partial charge in [0, 0.05) is 10.8 Å². The lowest BCUT2D eigenvalue weighted by molar-refractivity contribution is -0.165. The fourth-order valence-electron chi connectivity index (χ4n) is 8.10. The Balaban J connectivity index is 2.02. The summed E-state index contributed by atoms with van der Waals surface area (Å²) in [5, 5.41) is 0. The number of hydrogen-bond acceptors (Lipinski definition) is 8. The van der Waals surface area contributed by atoms with Crippen LogP contribution in [0.2, 0.25) is 0 Å². The smallest absolute Gasteiger partial charge is 0.338 e. The largest absolute Gasteiger partial charge is 0.461 e. The molecule has 8 heteroatoms. The Morgan fingerprint density at radius 2 is 0.741 bits per heavy atom. The number of esters is 4. The predicted molar refractivity (Wildman–Crippen MR) is 228 cm³/mol. The summed E-state index contributed by atoms with van der Waals surface area (Å²) >= 11 is 0. The van der Waals surface area contributed by atoms with Gasteiger partial charge in [-0.05, 0) is 86.1 Å². The second-order valence-corrected chi connectivity index (χ2v) is 16.4. The predicted octanol–water partition coefficient (Wildman–Crippen LogP) is 11.6. The highest BCUT2D eigenvalue weighted by Crippen LogP contribution is 2.49. The highest BCUT2D eigenvalue weighted by molar-refractivity contribution is 5.91. The summed E-state index contributed by atoms with van der Waals surface area (Å²) in [6, 6.07) is 35.1. The first-order valence-corrected chi connectivity index (χ1v) is 20.9. The molecule has 310 valence electrons. The standard InChI is InChI=1S/C50H62O8/c1-7-9-31-49(32-10-8-2,35-55-45(51)39-23-15-11-16-24-39)43(57-47(53)41-27-19-13-20-28-41)44(58-48(54)42-29-21-14-22-30-42)50(33-37(3)4,34-38(5)6)36-56-46(52)40-25-17-12-18-26-40/h11-30,37-38,43-44H,7-10,31-36H2,1-6H3. The average molecular weight is 791 g/mol. The molecule has 0 amide bonds. The zero-order chi connectivity index (χ0) is 42.0. The Kier molecular flexibility index (Phi) is 17.7. The van der Waals surface area contributed by atoms with E-state index in [1.165, 1.54) is 0 Å². The molecule has 0 saturated heterocycles. The van der Waals surface area contributed by atoms with Crippen LogP contribution in [-0.2, 0) is 18.9 Å². The van der Waals surface area contributed by atoms with Gasteiger partial charge in [-0.1, -0.05) is 140 Å². The summed E-state index contributed by atoms with van der Waals surface area (Å²) in [6.07, 6.45) is 2.69. The molecule has 0 N–H and O–H groups in total. The van der Waals surface area contributed by atoms with E-state index in [1.54, 1.807) is 97.1 Å². The first-order valence-electron chi connectivity index (χ1n) is 20.9. The zero-order valence-electron chi connectivity index (χ0n) is 35.2. The maximum absolute atomic E-state index is 14.5. The zero-order valence-corrected chi connectivity index (χ0v) is 35.2. The van der Waals surface area contributed by atoms with Crippen molar-refractivity contribution in [2.45, 2.75) is 105 Å². The van der Waals surface area contributed by atoms with Crippen LogP contribution in [0.1, 0.15) is 134 Å². The van der Waals surface area contributed by atoms with Gasteiger partial charge in [-0.3, -0.25) is 0 Å². The maximum atomic E-state index is 14.5. The molecule has 0 fully saturated rings. The number of hydrogen-bond donors (Lipinski definition) is 0. The molecule has 0 bridgehead atoms. The number of ether oxygens (including phenoxy) is 4. The Hall–Kier alpha value is -5.24. The fraction of sp³-hybridized carbons (Fsp3) is 0.440. The van der Waals surface area contributed by atoms with E-state index in [4.69, 9.17) is 18.9 Å². The van der Waals surface area contributed by atoms with E-state index in [0.717, 1.165) is 25.7 Å². The van der Waals surface area contributed by atoms with Crippen LogP contribution >= 0.6 is 0 Å². The highest BCUT2D eigenvalue weighted by atomic mass is 16.6.